The summed E-state index contributed by atoms with van der Waals surface area (Å²) < 4.78 is 5.11. The number of thiazole rings is 1. The SMILES string of the molecule is Oc1ccccc1-c1nc(-c2cncs2)no1. The van der Waals surface area contributed by atoms with Gasteiger partial charge in [0.05, 0.1) is 16.0 Å². The first-order valence-corrected chi connectivity index (χ1v) is 5.73. The lowest BCUT2D eigenvalue weighted by Gasteiger charge is -1.96. The lowest BCUT2D eigenvalue weighted by Crippen LogP contribution is -1.79. The van der Waals surface area contributed by atoms with E-state index in [1.54, 1.807) is 36.0 Å². The highest BCUT2D eigenvalue weighted by Gasteiger charge is 2.13. The van der Waals surface area contributed by atoms with Gasteiger partial charge in [-0.1, -0.05) is 17.3 Å². The molecule has 5 nitrogen and oxygen atoms in total. The fourth-order valence-corrected chi connectivity index (χ4v) is 1.96. The molecule has 2 aromatic heterocycles. The maximum atomic E-state index is 9.67. The molecule has 0 spiro atoms. The Bertz CT molecular complexity index is 634. The molecule has 6 heteroatoms. The van der Waals surface area contributed by atoms with Gasteiger partial charge >= 0.3 is 0 Å². The van der Waals surface area contributed by atoms with E-state index < -0.39 is 0 Å². The third kappa shape index (κ3) is 1.78. The van der Waals surface area contributed by atoms with Crippen LogP contribution in [0, 0.1) is 0 Å². The first kappa shape index (κ1) is 9.98. The van der Waals surface area contributed by atoms with Crippen molar-refractivity contribution in [1.29, 1.82) is 0 Å². The summed E-state index contributed by atoms with van der Waals surface area (Å²) in [7, 11) is 0. The molecule has 0 radical (unpaired) electrons. The van der Waals surface area contributed by atoms with Crippen molar-refractivity contribution in [2.24, 2.45) is 0 Å². The first-order valence-electron chi connectivity index (χ1n) is 4.85. The number of hydrogen-bond donors (Lipinski definition) is 1. The Kier molecular flexibility index (Phi) is 2.34. The first-order chi connectivity index (χ1) is 8.34. The van der Waals surface area contributed by atoms with Crippen LogP contribution in [0.4, 0.5) is 0 Å². The molecule has 0 amide bonds. The van der Waals surface area contributed by atoms with Crippen molar-refractivity contribution in [3.63, 3.8) is 0 Å². The molecule has 0 bridgehead atoms. The molecule has 0 atom stereocenters. The maximum absolute atomic E-state index is 9.67. The van der Waals surface area contributed by atoms with Crippen LogP contribution >= 0.6 is 11.3 Å². The van der Waals surface area contributed by atoms with Gasteiger partial charge in [-0.15, -0.1) is 11.3 Å². The maximum Gasteiger partial charge on any atom is 0.262 e. The van der Waals surface area contributed by atoms with Crippen molar-refractivity contribution in [3.8, 4) is 27.9 Å². The van der Waals surface area contributed by atoms with Crippen molar-refractivity contribution in [2.75, 3.05) is 0 Å². The molecule has 0 saturated heterocycles. The van der Waals surface area contributed by atoms with Gasteiger partial charge in [-0.05, 0) is 12.1 Å². The third-order valence-corrected chi connectivity index (χ3v) is 2.98. The predicted molar refractivity (Wildman–Crippen MR) is 62.5 cm³/mol. The molecule has 1 aromatic carbocycles. The van der Waals surface area contributed by atoms with Crippen LogP contribution in [-0.4, -0.2) is 20.2 Å². The number of phenols is 1. The number of phenolic OH excluding ortho intramolecular Hbond substituents is 1. The van der Waals surface area contributed by atoms with Crippen LogP contribution in [0.2, 0.25) is 0 Å². The second-order valence-electron chi connectivity index (χ2n) is 3.31. The Balaban J connectivity index is 2.04. The Morgan fingerprint density at radius 1 is 1.24 bits per heavy atom. The second kappa shape index (κ2) is 3.99. The summed E-state index contributed by atoms with van der Waals surface area (Å²) in [5.41, 5.74) is 2.22. The molecule has 1 N–H and O–H groups in total. The fraction of sp³-hybridized carbons (Fsp3) is 0. The van der Waals surface area contributed by atoms with E-state index in [2.05, 4.69) is 15.1 Å². The van der Waals surface area contributed by atoms with Gasteiger partial charge in [-0.25, -0.2) is 0 Å². The van der Waals surface area contributed by atoms with Gasteiger partial charge in [-0.2, -0.15) is 4.98 Å². The number of nitrogens with zero attached hydrogens (tertiary/aromatic N) is 3. The van der Waals surface area contributed by atoms with Crippen LogP contribution in [0.15, 0.2) is 40.5 Å². The van der Waals surface area contributed by atoms with E-state index in [1.165, 1.54) is 11.3 Å². The smallest absolute Gasteiger partial charge is 0.262 e. The molecule has 0 aliphatic rings. The lowest BCUT2D eigenvalue weighted by atomic mass is 10.2. The number of aromatic hydroxyl groups is 1. The van der Waals surface area contributed by atoms with Crippen LogP contribution in [0.5, 0.6) is 5.75 Å². The minimum Gasteiger partial charge on any atom is -0.507 e. The normalized spacial score (nSPS) is 10.6. The average Bonchev–Trinajstić information content (AvgIpc) is 3.00. The van der Waals surface area contributed by atoms with Gasteiger partial charge in [0.15, 0.2) is 0 Å². The zero-order valence-electron chi connectivity index (χ0n) is 8.57. The number of rotatable bonds is 2. The molecule has 0 aliphatic heterocycles. The highest BCUT2D eigenvalue weighted by atomic mass is 32.1. The minimum absolute atomic E-state index is 0.118. The fourth-order valence-electron chi connectivity index (χ4n) is 1.41. The summed E-state index contributed by atoms with van der Waals surface area (Å²) >= 11 is 1.43. The molecule has 0 fully saturated rings. The van der Waals surface area contributed by atoms with E-state index in [-0.39, 0.29) is 5.75 Å². The van der Waals surface area contributed by atoms with Crippen molar-refractivity contribution in [2.45, 2.75) is 0 Å². The summed E-state index contributed by atoms with van der Waals surface area (Å²) in [4.78, 5) is 8.99. The summed E-state index contributed by atoms with van der Waals surface area (Å²) in [6.45, 7) is 0. The number of benzene rings is 1. The van der Waals surface area contributed by atoms with Crippen LogP contribution in [0.3, 0.4) is 0 Å². The molecule has 2 heterocycles. The van der Waals surface area contributed by atoms with Gasteiger partial charge in [0.1, 0.15) is 5.75 Å². The van der Waals surface area contributed by atoms with Gasteiger partial charge < -0.3 is 9.63 Å². The van der Waals surface area contributed by atoms with E-state index >= 15 is 0 Å². The van der Waals surface area contributed by atoms with Crippen LogP contribution in [-0.2, 0) is 0 Å². The predicted octanol–water partition coefficient (Wildman–Crippen LogP) is 2.57. The van der Waals surface area contributed by atoms with Crippen molar-refractivity contribution >= 4 is 11.3 Å². The molecule has 0 aliphatic carbocycles. The van der Waals surface area contributed by atoms with Gasteiger partial charge in [0.25, 0.3) is 5.89 Å². The highest BCUT2D eigenvalue weighted by molar-refractivity contribution is 7.13. The molecule has 3 aromatic rings. The molecular formula is C11H7N3O2S. The summed E-state index contributed by atoms with van der Waals surface area (Å²) in [5.74, 6) is 0.893. The molecule has 0 saturated carbocycles. The highest BCUT2D eigenvalue weighted by Crippen LogP contribution is 2.29. The second-order valence-corrected chi connectivity index (χ2v) is 4.19. The Morgan fingerprint density at radius 2 is 2.12 bits per heavy atom. The summed E-state index contributed by atoms with van der Waals surface area (Å²) in [6, 6.07) is 6.83. The Hall–Kier alpha value is -2.21. The van der Waals surface area contributed by atoms with Gasteiger partial charge in [0.2, 0.25) is 5.82 Å². The van der Waals surface area contributed by atoms with Crippen LogP contribution < -0.4 is 0 Å². The third-order valence-electron chi connectivity index (χ3n) is 2.21. The van der Waals surface area contributed by atoms with E-state index in [4.69, 9.17) is 4.52 Å². The van der Waals surface area contributed by atoms with Crippen molar-refractivity contribution in [1.82, 2.24) is 15.1 Å². The quantitative estimate of drug-likeness (QED) is 0.751. The number of aromatic nitrogens is 3. The van der Waals surface area contributed by atoms with E-state index in [0.717, 1.165) is 4.88 Å². The summed E-state index contributed by atoms with van der Waals surface area (Å²) in [5, 5.41) is 13.5. The van der Waals surface area contributed by atoms with E-state index in [9.17, 15) is 5.11 Å². The molecule has 17 heavy (non-hydrogen) atoms. The average molecular weight is 245 g/mol. The zero-order chi connectivity index (χ0) is 11.7. The topological polar surface area (TPSA) is 72.0 Å². The number of hydrogen-bond acceptors (Lipinski definition) is 6. The Morgan fingerprint density at radius 3 is 2.88 bits per heavy atom. The monoisotopic (exact) mass is 245 g/mol. The minimum atomic E-state index is 0.118. The standard InChI is InChI=1S/C11H7N3O2S/c15-8-4-2-1-3-7(8)11-13-10(14-16-11)9-5-12-6-17-9/h1-6,15H. The zero-order valence-corrected chi connectivity index (χ0v) is 9.39. The van der Waals surface area contributed by atoms with Crippen molar-refractivity contribution < 1.29 is 9.63 Å². The van der Waals surface area contributed by atoms with Gasteiger partial charge in [0, 0.05) is 6.20 Å². The Labute approximate surface area is 100 Å². The van der Waals surface area contributed by atoms with E-state index in [1.807, 2.05) is 0 Å². The van der Waals surface area contributed by atoms with Gasteiger partial charge in [-0.3, -0.25) is 4.98 Å². The molecule has 84 valence electrons. The van der Waals surface area contributed by atoms with Crippen LogP contribution in [0.25, 0.3) is 22.2 Å². The number of para-hydroxylation sites is 1. The lowest BCUT2D eigenvalue weighted by molar-refractivity contribution is 0.426. The van der Waals surface area contributed by atoms with Crippen LogP contribution in [0.1, 0.15) is 0 Å². The molecule has 3 rings (SSSR count). The molecule has 0 unspecified atom stereocenters. The van der Waals surface area contributed by atoms with E-state index in [0.29, 0.717) is 17.3 Å². The van der Waals surface area contributed by atoms with Crippen molar-refractivity contribution in [3.05, 3.63) is 36.0 Å². The molecular weight excluding hydrogens is 238 g/mol. The summed E-state index contributed by atoms with van der Waals surface area (Å²) in [6.07, 6.45) is 1.67. The largest absolute Gasteiger partial charge is 0.507 e.